The maximum atomic E-state index is 12.8. The van der Waals surface area contributed by atoms with E-state index in [1.807, 2.05) is 0 Å². The molecule has 8 nitrogen and oxygen atoms in total. The highest BCUT2D eigenvalue weighted by Crippen LogP contribution is 2.43. The highest BCUT2D eigenvalue weighted by atomic mass is 79.9. The maximum Gasteiger partial charge on any atom is 0.327 e. The number of carbonyl (C=O) groups excluding carboxylic acids is 3. The molecule has 0 bridgehead atoms. The summed E-state index contributed by atoms with van der Waals surface area (Å²) in [5, 5.41) is -1.04. The Morgan fingerprint density at radius 1 is 1.14 bits per heavy atom. The Labute approximate surface area is 180 Å². The third-order valence-corrected chi connectivity index (χ3v) is 7.37. The number of nitrogens with zero attached hydrogens (tertiary/aromatic N) is 1. The molecule has 0 aromatic heterocycles. The van der Waals surface area contributed by atoms with Crippen LogP contribution in [0.5, 0.6) is 0 Å². The summed E-state index contributed by atoms with van der Waals surface area (Å²) < 4.78 is 34.9. The lowest BCUT2D eigenvalue weighted by Gasteiger charge is -2.46. The summed E-state index contributed by atoms with van der Waals surface area (Å²) in [7, 11) is -3.72. The van der Waals surface area contributed by atoms with Gasteiger partial charge in [-0.3, -0.25) is 19.3 Å². The minimum atomic E-state index is -3.72. The van der Waals surface area contributed by atoms with Crippen LogP contribution < -0.4 is 0 Å². The number of esters is 1. The van der Waals surface area contributed by atoms with Crippen molar-refractivity contribution in [2.75, 3.05) is 12.4 Å². The van der Waals surface area contributed by atoms with Crippen molar-refractivity contribution in [2.45, 2.75) is 70.2 Å². The number of β-lactam (4-membered cyclic amide) rings is 1. The fourth-order valence-corrected chi connectivity index (χ4v) is 5.28. The lowest BCUT2D eigenvalue weighted by Crippen LogP contribution is -2.61. The van der Waals surface area contributed by atoms with Crippen molar-refractivity contribution in [3.63, 3.8) is 0 Å². The Morgan fingerprint density at radius 3 is 2.14 bits per heavy atom. The number of amides is 1. The summed E-state index contributed by atoms with van der Waals surface area (Å²) >= 11 is 3.29. The normalized spacial score (nSPS) is 23.7. The molecule has 0 radical (unpaired) electrons. The van der Waals surface area contributed by atoms with Crippen molar-refractivity contribution in [1.82, 2.24) is 4.90 Å². The summed E-state index contributed by atoms with van der Waals surface area (Å²) in [5.41, 5.74) is -1.45. The zero-order valence-electron chi connectivity index (χ0n) is 17.8. The van der Waals surface area contributed by atoms with Gasteiger partial charge in [0.2, 0.25) is 5.91 Å². The van der Waals surface area contributed by atoms with Crippen molar-refractivity contribution in [3.05, 3.63) is 11.5 Å². The van der Waals surface area contributed by atoms with E-state index in [1.54, 1.807) is 41.5 Å². The lowest BCUT2D eigenvalue weighted by atomic mass is 9.91. The van der Waals surface area contributed by atoms with Crippen LogP contribution >= 0.6 is 15.9 Å². The number of ether oxygens (including phenoxy) is 2. The number of alkyl halides is 1. The first-order valence-corrected chi connectivity index (χ1v) is 11.7. The Morgan fingerprint density at radius 2 is 1.69 bits per heavy atom. The molecule has 1 amide bonds. The largest absolute Gasteiger partial charge is 0.471 e. The van der Waals surface area contributed by atoms with Crippen LogP contribution in [0.4, 0.5) is 0 Å². The highest BCUT2D eigenvalue weighted by molar-refractivity contribution is 9.10. The van der Waals surface area contributed by atoms with Gasteiger partial charge in [-0.25, -0.2) is 8.42 Å². The van der Waals surface area contributed by atoms with Gasteiger partial charge in [-0.15, -0.1) is 0 Å². The van der Waals surface area contributed by atoms with Crippen LogP contribution in [0.15, 0.2) is 11.5 Å². The molecular formula is C19H28BrNO7S. The maximum absolute atomic E-state index is 12.8. The number of ketones is 1. The van der Waals surface area contributed by atoms with E-state index in [1.165, 1.54) is 6.92 Å². The summed E-state index contributed by atoms with van der Waals surface area (Å²) in [6, 6.07) is 0. The molecule has 1 fully saturated rings. The number of rotatable bonds is 5. The summed E-state index contributed by atoms with van der Waals surface area (Å²) in [6.07, 6.45) is -0.152. The minimum Gasteiger partial charge on any atom is -0.471 e. The Kier molecular flexibility index (Phi) is 6.06. The van der Waals surface area contributed by atoms with Gasteiger partial charge in [0, 0.05) is 11.0 Å². The van der Waals surface area contributed by atoms with E-state index < -0.39 is 48.2 Å². The fourth-order valence-electron chi connectivity index (χ4n) is 2.76. The Hall–Kier alpha value is -1.42. The first-order valence-electron chi connectivity index (χ1n) is 9.23. The van der Waals surface area contributed by atoms with E-state index in [4.69, 9.17) is 9.47 Å². The van der Waals surface area contributed by atoms with Gasteiger partial charge in [-0.2, -0.15) is 0 Å². The number of hydrogen-bond acceptors (Lipinski definition) is 7. The number of Topliss-reactive ketones (excluding diaryl/α,β-unsaturated/α-hetero) is 1. The van der Waals surface area contributed by atoms with E-state index >= 15 is 0 Å². The zero-order chi connectivity index (χ0) is 22.6. The van der Waals surface area contributed by atoms with Gasteiger partial charge >= 0.3 is 5.97 Å². The smallest absolute Gasteiger partial charge is 0.327 e. The molecule has 0 saturated carbocycles. The van der Waals surface area contributed by atoms with Crippen LogP contribution in [0.3, 0.4) is 0 Å². The molecule has 29 heavy (non-hydrogen) atoms. The second kappa shape index (κ2) is 7.37. The predicted molar refractivity (Wildman–Crippen MR) is 110 cm³/mol. The van der Waals surface area contributed by atoms with E-state index in [2.05, 4.69) is 15.9 Å². The van der Waals surface area contributed by atoms with E-state index in [-0.39, 0.29) is 30.3 Å². The molecule has 0 spiro atoms. The molecule has 1 unspecified atom stereocenters. The van der Waals surface area contributed by atoms with E-state index in [9.17, 15) is 22.8 Å². The molecule has 10 heteroatoms. The van der Waals surface area contributed by atoms with Crippen LogP contribution in [0.2, 0.25) is 0 Å². The molecule has 2 heterocycles. The van der Waals surface area contributed by atoms with Crippen molar-refractivity contribution in [2.24, 2.45) is 5.41 Å². The number of sulfone groups is 1. The second-order valence-corrected chi connectivity index (χ2v) is 13.2. The van der Waals surface area contributed by atoms with Crippen LogP contribution in [-0.4, -0.2) is 58.6 Å². The van der Waals surface area contributed by atoms with Crippen LogP contribution in [-0.2, 0) is 33.7 Å². The highest BCUT2D eigenvalue weighted by Gasteiger charge is 2.56. The molecule has 0 aromatic carbocycles. The first kappa shape index (κ1) is 23.9. The summed E-state index contributed by atoms with van der Waals surface area (Å²) in [6.45, 7) is 11.4. The third kappa shape index (κ3) is 4.84. The topological polar surface area (TPSA) is 107 Å². The van der Waals surface area contributed by atoms with Gasteiger partial charge in [0.05, 0.1) is 12.2 Å². The predicted octanol–water partition coefficient (Wildman–Crippen LogP) is 2.31. The van der Waals surface area contributed by atoms with Gasteiger partial charge in [-0.05, 0) is 27.7 Å². The number of halogens is 1. The van der Waals surface area contributed by atoms with Gasteiger partial charge in [-0.1, -0.05) is 36.7 Å². The molecule has 2 atom stereocenters. The average molecular weight is 494 g/mol. The molecule has 2 aliphatic rings. The van der Waals surface area contributed by atoms with Gasteiger partial charge in [0.15, 0.2) is 26.9 Å². The number of carbonyl (C=O) groups is 3. The van der Waals surface area contributed by atoms with Crippen LogP contribution in [0, 0.1) is 5.41 Å². The van der Waals surface area contributed by atoms with Crippen molar-refractivity contribution < 1.29 is 32.3 Å². The summed E-state index contributed by atoms with van der Waals surface area (Å²) in [4.78, 5) is 38.4. The second-order valence-electron chi connectivity index (χ2n) is 9.48. The average Bonchev–Trinajstić information content (AvgIpc) is 2.50. The zero-order valence-corrected chi connectivity index (χ0v) is 20.2. The number of hydrogen-bond donors (Lipinski definition) is 0. The quantitative estimate of drug-likeness (QED) is 0.328. The molecule has 0 N–H and O–H groups in total. The van der Waals surface area contributed by atoms with Gasteiger partial charge < -0.3 is 9.47 Å². The molecule has 1 saturated heterocycles. The third-order valence-electron chi connectivity index (χ3n) is 4.67. The fraction of sp³-hybridized carbons (Fsp3) is 0.737. The van der Waals surface area contributed by atoms with Gasteiger partial charge in [0.1, 0.15) is 16.5 Å². The standard InChI is InChI=1S/C19H28BrNO7S/c1-17(2,3)12(22)9-27-15-11(19(7,20)16(24)28-18(4,5)6)10-29(25,26)14-8-13(23)21(14)15/h14H,8-10H2,1-7H3/t14-,19?/m0/s1. The molecular weight excluding hydrogens is 466 g/mol. The van der Waals surface area contributed by atoms with Crippen molar-refractivity contribution >= 4 is 43.4 Å². The Bertz CT molecular complexity index is 875. The van der Waals surface area contributed by atoms with E-state index in [0.29, 0.717) is 0 Å². The van der Waals surface area contributed by atoms with Crippen molar-refractivity contribution in [3.8, 4) is 0 Å². The monoisotopic (exact) mass is 493 g/mol. The molecule has 2 aliphatic heterocycles. The molecule has 2 rings (SSSR count). The first-order chi connectivity index (χ1) is 12.9. The number of fused-ring (bicyclic) bond motifs is 1. The molecule has 0 aliphatic carbocycles. The SMILES string of the molecule is CC(C)(C)OC(=O)C(C)(Br)C1=C(OCC(=O)C(C)(C)C)N2C(=O)C[C@@H]2S(=O)(=O)C1. The lowest BCUT2D eigenvalue weighted by molar-refractivity contribution is -0.156. The van der Waals surface area contributed by atoms with Gasteiger partial charge in [0.25, 0.3) is 0 Å². The van der Waals surface area contributed by atoms with Crippen LogP contribution in [0.1, 0.15) is 54.9 Å². The Balaban J connectivity index is 2.51. The van der Waals surface area contributed by atoms with E-state index in [0.717, 1.165) is 4.90 Å². The summed E-state index contributed by atoms with van der Waals surface area (Å²) in [5.74, 6) is -1.94. The molecule has 164 valence electrons. The van der Waals surface area contributed by atoms with Crippen molar-refractivity contribution in [1.29, 1.82) is 0 Å². The van der Waals surface area contributed by atoms with Crippen LogP contribution in [0.25, 0.3) is 0 Å². The minimum absolute atomic E-state index is 0.0396. The molecule has 0 aromatic rings.